The van der Waals surface area contributed by atoms with Crippen LogP contribution in [0.15, 0.2) is 9.78 Å². The van der Waals surface area contributed by atoms with E-state index in [0.717, 1.165) is 0 Å². The molecular formula is C16H26N2O4S2. The van der Waals surface area contributed by atoms with Crippen molar-refractivity contribution in [3.8, 4) is 0 Å². The van der Waals surface area contributed by atoms with E-state index in [1.165, 1.54) is 11.3 Å². The molecule has 0 saturated carbocycles. The van der Waals surface area contributed by atoms with Gasteiger partial charge in [0.25, 0.3) is 0 Å². The van der Waals surface area contributed by atoms with Crippen LogP contribution in [0.4, 0.5) is 0 Å². The van der Waals surface area contributed by atoms with Gasteiger partial charge in [0.05, 0.1) is 12.3 Å². The van der Waals surface area contributed by atoms with Crippen molar-refractivity contribution < 1.29 is 19.2 Å². The monoisotopic (exact) mass is 374 g/mol. The highest BCUT2D eigenvalue weighted by atomic mass is 32.2. The number of carbonyl (C=O) groups excluding carboxylic acids is 1. The third-order valence-electron chi connectivity index (χ3n) is 3.08. The molecule has 0 aliphatic heterocycles. The Hall–Kier alpha value is -0.960. The molecule has 136 valence electrons. The second-order valence-corrected chi connectivity index (χ2v) is 9.41. The SMILES string of the molecule is CCOC(=O)c1csc([C@H](O)CC(=N[S@@+]([O-])C(C)(C)C)C(C)C)n1. The van der Waals surface area contributed by atoms with Gasteiger partial charge in [-0.1, -0.05) is 18.2 Å². The average molecular weight is 375 g/mol. The Kier molecular flexibility index (Phi) is 7.85. The number of hydrogen-bond donors (Lipinski definition) is 1. The van der Waals surface area contributed by atoms with E-state index in [4.69, 9.17) is 4.74 Å². The highest BCUT2D eigenvalue weighted by molar-refractivity contribution is 7.91. The van der Waals surface area contributed by atoms with Crippen LogP contribution in [0.1, 0.15) is 69.6 Å². The summed E-state index contributed by atoms with van der Waals surface area (Å²) in [5.74, 6) is -0.450. The molecule has 1 aromatic heterocycles. The minimum Gasteiger partial charge on any atom is -0.591 e. The Bertz CT molecular complexity index is 579. The molecule has 0 aliphatic carbocycles. The number of hydrogen-bond acceptors (Lipinski definition) is 7. The molecule has 0 aliphatic rings. The number of rotatable bonds is 7. The van der Waals surface area contributed by atoms with Crippen LogP contribution in [0.5, 0.6) is 0 Å². The molecule has 0 spiro atoms. The summed E-state index contributed by atoms with van der Waals surface area (Å²) in [6.07, 6.45) is -0.661. The van der Waals surface area contributed by atoms with Gasteiger partial charge in [-0.2, -0.15) is 0 Å². The fourth-order valence-corrected chi connectivity index (χ4v) is 3.19. The summed E-state index contributed by atoms with van der Waals surface area (Å²) in [6, 6.07) is 0. The molecule has 1 aromatic rings. The lowest BCUT2D eigenvalue weighted by Crippen LogP contribution is -2.28. The van der Waals surface area contributed by atoms with E-state index in [1.807, 2.05) is 34.6 Å². The summed E-state index contributed by atoms with van der Waals surface area (Å²) in [4.78, 5) is 15.8. The number of aromatic nitrogens is 1. The van der Waals surface area contributed by atoms with Crippen LogP contribution in [0.3, 0.4) is 0 Å². The van der Waals surface area contributed by atoms with E-state index in [0.29, 0.717) is 10.7 Å². The molecule has 2 atom stereocenters. The number of carbonyl (C=O) groups is 1. The summed E-state index contributed by atoms with van der Waals surface area (Å²) in [6.45, 7) is 11.4. The maximum atomic E-state index is 12.2. The highest BCUT2D eigenvalue weighted by Gasteiger charge is 2.29. The standard InChI is InChI=1S/C16H26N2O4S2/c1-7-22-15(20)12-9-23-14(17-12)13(19)8-11(10(2)3)18-24(21)16(4,5)6/h9-10,13,19H,7-8H2,1-6H3/t13-,24+/m1/s1. The van der Waals surface area contributed by atoms with Crippen LogP contribution in [0.25, 0.3) is 0 Å². The first-order chi connectivity index (χ1) is 11.1. The first-order valence-corrected chi connectivity index (χ1v) is 9.85. The van der Waals surface area contributed by atoms with Gasteiger partial charge in [0, 0.05) is 11.8 Å². The number of esters is 1. The Morgan fingerprint density at radius 2 is 2.12 bits per heavy atom. The van der Waals surface area contributed by atoms with Gasteiger partial charge in [0.15, 0.2) is 5.69 Å². The fraction of sp³-hybridized carbons (Fsp3) is 0.688. The first kappa shape index (κ1) is 21.1. The van der Waals surface area contributed by atoms with Crippen molar-refractivity contribution in [3.63, 3.8) is 0 Å². The highest BCUT2D eigenvalue weighted by Crippen LogP contribution is 2.25. The van der Waals surface area contributed by atoms with Gasteiger partial charge < -0.3 is 14.4 Å². The van der Waals surface area contributed by atoms with E-state index >= 15 is 0 Å². The first-order valence-electron chi connectivity index (χ1n) is 7.86. The fourth-order valence-electron chi connectivity index (χ4n) is 1.65. The molecule has 0 amide bonds. The van der Waals surface area contributed by atoms with Crippen molar-refractivity contribution in [2.75, 3.05) is 6.61 Å². The molecule has 0 aromatic carbocycles. The smallest absolute Gasteiger partial charge is 0.357 e. The molecule has 8 heteroatoms. The average Bonchev–Trinajstić information content (AvgIpc) is 2.95. The molecule has 0 unspecified atom stereocenters. The maximum Gasteiger partial charge on any atom is 0.357 e. The topological polar surface area (TPSA) is 94.8 Å². The van der Waals surface area contributed by atoms with Gasteiger partial charge >= 0.3 is 5.97 Å². The molecule has 1 N–H and O–H groups in total. The van der Waals surface area contributed by atoms with Gasteiger partial charge in [-0.15, -0.1) is 11.3 Å². The summed E-state index contributed by atoms with van der Waals surface area (Å²) >= 11 is -0.183. The second kappa shape index (κ2) is 8.94. The Morgan fingerprint density at radius 1 is 1.50 bits per heavy atom. The molecule has 1 rings (SSSR count). The predicted molar refractivity (Wildman–Crippen MR) is 97.8 cm³/mol. The van der Waals surface area contributed by atoms with E-state index in [-0.39, 0.29) is 24.6 Å². The van der Waals surface area contributed by atoms with Gasteiger partial charge in [0.2, 0.25) is 0 Å². The molecule has 1 heterocycles. The van der Waals surface area contributed by atoms with Gasteiger partial charge in [-0.25, -0.2) is 9.78 Å². The minimum atomic E-state index is -1.38. The molecule has 24 heavy (non-hydrogen) atoms. The lowest BCUT2D eigenvalue weighted by molar-refractivity contribution is 0.0519. The van der Waals surface area contributed by atoms with Gasteiger partial charge in [0.1, 0.15) is 27.2 Å². The zero-order valence-corrected chi connectivity index (χ0v) is 16.7. The summed E-state index contributed by atoms with van der Waals surface area (Å²) in [7, 11) is 0. The zero-order chi connectivity index (χ0) is 18.5. The maximum absolute atomic E-state index is 12.2. The van der Waals surface area contributed by atoms with E-state index in [9.17, 15) is 14.5 Å². The quantitative estimate of drug-likeness (QED) is 0.449. The van der Waals surface area contributed by atoms with Crippen LogP contribution >= 0.6 is 11.3 Å². The van der Waals surface area contributed by atoms with E-state index in [1.54, 1.807) is 12.3 Å². The number of thiazole rings is 1. The van der Waals surface area contributed by atoms with Crippen molar-refractivity contribution in [1.29, 1.82) is 0 Å². The van der Waals surface area contributed by atoms with Crippen molar-refractivity contribution in [2.45, 2.75) is 58.8 Å². The second-order valence-electron chi connectivity index (χ2n) is 6.61. The molecular weight excluding hydrogens is 348 g/mol. The van der Waals surface area contributed by atoms with Crippen LogP contribution in [-0.2, 0) is 16.1 Å². The normalized spacial score (nSPS) is 15.5. The summed E-state index contributed by atoms with van der Waals surface area (Å²) in [5, 5.41) is 12.4. The van der Waals surface area contributed by atoms with Gasteiger partial charge in [-0.05, 0) is 33.6 Å². The summed E-state index contributed by atoms with van der Waals surface area (Å²) < 4.78 is 21.0. The van der Waals surface area contributed by atoms with Crippen LogP contribution in [0, 0.1) is 5.92 Å². The number of nitrogens with zero attached hydrogens (tertiary/aromatic N) is 2. The van der Waals surface area contributed by atoms with Crippen LogP contribution < -0.4 is 0 Å². The zero-order valence-electron chi connectivity index (χ0n) is 15.0. The Balaban J connectivity index is 2.88. The van der Waals surface area contributed by atoms with Crippen molar-refractivity contribution in [1.82, 2.24) is 4.98 Å². The Labute approximate surface area is 150 Å². The van der Waals surface area contributed by atoms with Gasteiger partial charge in [-0.3, -0.25) is 0 Å². The molecule has 0 fully saturated rings. The van der Waals surface area contributed by atoms with E-state index < -0.39 is 28.2 Å². The Morgan fingerprint density at radius 3 is 2.62 bits per heavy atom. The third kappa shape index (κ3) is 6.16. The predicted octanol–water partition coefficient (Wildman–Crippen LogP) is 3.30. The molecule has 0 saturated heterocycles. The molecule has 0 bridgehead atoms. The lowest BCUT2D eigenvalue weighted by Gasteiger charge is -2.21. The summed E-state index contributed by atoms with van der Waals surface area (Å²) in [5.41, 5.74) is 0.862. The number of ether oxygens (including phenoxy) is 1. The van der Waals surface area contributed by atoms with Crippen molar-refractivity contribution in [2.24, 2.45) is 10.3 Å². The minimum absolute atomic E-state index is 0.0513. The molecule has 6 nitrogen and oxygen atoms in total. The number of aliphatic hydroxyl groups is 1. The van der Waals surface area contributed by atoms with Crippen molar-refractivity contribution in [3.05, 3.63) is 16.1 Å². The number of aliphatic hydroxyl groups excluding tert-OH is 1. The largest absolute Gasteiger partial charge is 0.591 e. The van der Waals surface area contributed by atoms with Crippen LogP contribution in [0.2, 0.25) is 0 Å². The van der Waals surface area contributed by atoms with Crippen molar-refractivity contribution >= 4 is 34.4 Å². The molecule has 0 radical (unpaired) electrons. The van der Waals surface area contributed by atoms with Crippen LogP contribution in [-0.4, -0.2) is 37.7 Å². The van der Waals surface area contributed by atoms with E-state index in [2.05, 4.69) is 9.38 Å². The third-order valence-corrected chi connectivity index (χ3v) is 5.48. The lowest BCUT2D eigenvalue weighted by atomic mass is 10.0.